The molecule has 1 unspecified atom stereocenters. The second-order valence-corrected chi connectivity index (χ2v) is 9.42. The zero-order chi connectivity index (χ0) is 21.3. The number of aromatic nitrogens is 2. The van der Waals surface area contributed by atoms with Gasteiger partial charge in [-0.25, -0.2) is 12.8 Å². The predicted octanol–water partition coefficient (Wildman–Crippen LogP) is 4.18. The molecule has 156 valence electrons. The third kappa shape index (κ3) is 4.14. The Morgan fingerprint density at radius 3 is 2.33 bits per heavy atom. The summed E-state index contributed by atoms with van der Waals surface area (Å²) >= 11 is 0. The Kier molecular flexibility index (Phi) is 5.42. The highest BCUT2D eigenvalue weighted by Gasteiger charge is 2.27. The van der Waals surface area contributed by atoms with E-state index in [-0.39, 0.29) is 22.4 Å². The first-order chi connectivity index (χ1) is 14.3. The lowest BCUT2D eigenvalue weighted by Gasteiger charge is -2.21. The van der Waals surface area contributed by atoms with Crippen LogP contribution in [0.15, 0.2) is 53.4 Å². The first-order valence-corrected chi connectivity index (χ1v) is 11.6. The summed E-state index contributed by atoms with van der Waals surface area (Å²) in [5.41, 5.74) is 2.56. The van der Waals surface area contributed by atoms with Crippen LogP contribution >= 0.6 is 0 Å². The van der Waals surface area contributed by atoms with Crippen LogP contribution in [0.4, 0.5) is 4.39 Å². The first kappa shape index (κ1) is 20.3. The van der Waals surface area contributed by atoms with Crippen molar-refractivity contribution in [2.75, 3.05) is 6.26 Å². The molecular formula is C22H21FN2O4S. The molecule has 1 saturated carbocycles. The van der Waals surface area contributed by atoms with Crippen molar-refractivity contribution >= 4 is 15.6 Å². The summed E-state index contributed by atoms with van der Waals surface area (Å²) in [6.45, 7) is 0. The van der Waals surface area contributed by atoms with Crippen LogP contribution in [0.1, 0.15) is 25.7 Å². The number of aromatic amines is 1. The van der Waals surface area contributed by atoms with E-state index in [1.54, 1.807) is 24.3 Å². The summed E-state index contributed by atoms with van der Waals surface area (Å²) in [5, 5.41) is 7.22. The fourth-order valence-electron chi connectivity index (χ4n) is 3.58. The number of sulfone groups is 1. The van der Waals surface area contributed by atoms with Crippen LogP contribution in [0.3, 0.4) is 0 Å². The molecule has 0 bridgehead atoms. The topological polar surface area (TPSA) is 89.1 Å². The molecular weight excluding hydrogens is 407 g/mol. The van der Waals surface area contributed by atoms with Gasteiger partial charge in [0.25, 0.3) is 0 Å². The summed E-state index contributed by atoms with van der Waals surface area (Å²) in [6, 6.07) is 12.3. The van der Waals surface area contributed by atoms with E-state index in [4.69, 9.17) is 4.74 Å². The average Bonchev–Trinajstić information content (AvgIpc) is 3.13. The molecule has 1 aliphatic carbocycles. The Balaban J connectivity index is 1.77. The smallest absolute Gasteiger partial charge is 0.241 e. The first-order valence-electron chi connectivity index (χ1n) is 9.67. The highest BCUT2D eigenvalue weighted by Crippen LogP contribution is 2.39. The zero-order valence-corrected chi connectivity index (χ0v) is 17.2. The summed E-state index contributed by atoms with van der Waals surface area (Å²) in [5.74, 6) is -0.0522. The van der Waals surface area contributed by atoms with E-state index in [1.807, 2.05) is 0 Å². The number of hydrogen-bond acceptors (Lipinski definition) is 5. The van der Waals surface area contributed by atoms with Gasteiger partial charge in [-0.15, -0.1) is 5.10 Å². The normalized spacial score (nSPS) is 17.1. The van der Waals surface area contributed by atoms with Gasteiger partial charge < -0.3 is 4.74 Å². The number of nitrogens with one attached hydrogen (secondary N) is 1. The molecule has 0 saturated heterocycles. The summed E-state index contributed by atoms with van der Waals surface area (Å²) < 4.78 is 43.0. The average molecular weight is 428 g/mol. The summed E-state index contributed by atoms with van der Waals surface area (Å²) in [4.78, 5) is 12.4. The highest BCUT2D eigenvalue weighted by molar-refractivity contribution is 7.90. The van der Waals surface area contributed by atoms with E-state index in [1.165, 1.54) is 24.3 Å². The van der Waals surface area contributed by atoms with Crippen molar-refractivity contribution in [2.24, 2.45) is 0 Å². The zero-order valence-electron chi connectivity index (χ0n) is 16.4. The number of rotatable bonds is 5. The maximum Gasteiger partial charge on any atom is 0.241 e. The van der Waals surface area contributed by atoms with Crippen molar-refractivity contribution in [3.63, 3.8) is 0 Å². The Bertz CT molecular complexity index is 1170. The maximum absolute atomic E-state index is 13.5. The van der Waals surface area contributed by atoms with Gasteiger partial charge >= 0.3 is 0 Å². The molecule has 2 aromatic carbocycles. The SMILES string of the molecule is CS(=O)(=O)c1ccc(-c2[nH]nc(OC3CCCCC3=O)c2-c2ccc(F)cc2)cc1. The van der Waals surface area contributed by atoms with Crippen LogP contribution in [0, 0.1) is 5.82 Å². The molecule has 30 heavy (non-hydrogen) atoms. The van der Waals surface area contributed by atoms with Gasteiger partial charge in [0.05, 0.1) is 16.2 Å². The minimum Gasteiger partial charge on any atom is -0.465 e. The minimum absolute atomic E-state index is 0.0494. The molecule has 1 aromatic heterocycles. The number of ether oxygens (including phenoxy) is 1. The fraction of sp³-hybridized carbons (Fsp3) is 0.273. The number of carbonyl (C=O) groups excluding carboxylic acids is 1. The molecule has 0 spiro atoms. The fourth-order valence-corrected chi connectivity index (χ4v) is 4.21. The predicted molar refractivity (Wildman–Crippen MR) is 110 cm³/mol. The van der Waals surface area contributed by atoms with E-state index in [2.05, 4.69) is 10.2 Å². The molecule has 1 atom stereocenters. The third-order valence-electron chi connectivity index (χ3n) is 5.19. The molecule has 0 aliphatic heterocycles. The van der Waals surface area contributed by atoms with E-state index in [9.17, 15) is 17.6 Å². The Morgan fingerprint density at radius 2 is 1.70 bits per heavy atom. The van der Waals surface area contributed by atoms with Crippen LogP contribution < -0.4 is 4.74 Å². The molecule has 0 radical (unpaired) electrons. The second-order valence-electron chi connectivity index (χ2n) is 7.40. The standard InChI is InChI=1S/C22H21FN2O4S/c1-30(27,28)17-12-8-15(9-13-17)21-20(14-6-10-16(23)11-7-14)22(25-24-21)29-19-5-3-2-4-18(19)26/h6-13,19H,2-5H2,1H3,(H,24,25). The lowest BCUT2D eigenvalue weighted by atomic mass is 9.96. The number of ketones is 1. The lowest BCUT2D eigenvalue weighted by molar-refractivity contribution is -0.127. The number of nitrogens with zero attached hydrogens (tertiary/aromatic N) is 1. The number of H-pyrrole nitrogens is 1. The Labute approximate surface area is 174 Å². The van der Waals surface area contributed by atoms with Crippen molar-refractivity contribution in [3.8, 4) is 28.3 Å². The molecule has 0 amide bonds. The van der Waals surface area contributed by atoms with E-state index < -0.39 is 15.9 Å². The van der Waals surface area contributed by atoms with Crippen LogP contribution in [0.25, 0.3) is 22.4 Å². The molecule has 3 aromatic rings. The van der Waals surface area contributed by atoms with Crippen LogP contribution in [0.5, 0.6) is 5.88 Å². The van der Waals surface area contributed by atoms with E-state index in [0.717, 1.165) is 19.1 Å². The monoisotopic (exact) mass is 428 g/mol. The second kappa shape index (κ2) is 8.02. The molecule has 1 fully saturated rings. The number of hydrogen-bond donors (Lipinski definition) is 1. The summed E-state index contributed by atoms with van der Waals surface area (Å²) in [7, 11) is -3.32. The Morgan fingerprint density at radius 1 is 1.03 bits per heavy atom. The van der Waals surface area contributed by atoms with Gasteiger partial charge in [-0.05, 0) is 49.1 Å². The van der Waals surface area contributed by atoms with E-state index >= 15 is 0 Å². The van der Waals surface area contributed by atoms with Gasteiger partial charge in [-0.3, -0.25) is 9.89 Å². The van der Waals surface area contributed by atoms with Gasteiger partial charge in [0.15, 0.2) is 21.7 Å². The lowest BCUT2D eigenvalue weighted by Crippen LogP contribution is -2.30. The molecule has 1 N–H and O–H groups in total. The quantitative estimate of drug-likeness (QED) is 0.659. The van der Waals surface area contributed by atoms with Gasteiger partial charge in [-0.1, -0.05) is 24.3 Å². The Hall–Kier alpha value is -3.00. The van der Waals surface area contributed by atoms with E-state index in [0.29, 0.717) is 35.2 Å². The van der Waals surface area contributed by atoms with Crippen LogP contribution in [0.2, 0.25) is 0 Å². The highest BCUT2D eigenvalue weighted by atomic mass is 32.2. The van der Waals surface area contributed by atoms with Gasteiger partial charge in [-0.2, -0.15) is 0 Å². The van der Waals surface area contributed by atoms with Crippen molar-refractivity contribution in [1.82, 2.24) is 10.2 Å². The maximum atomic E-state index is 13.5. The van der Waals surface area contributed by atoms with Gasteiger partial charge in [0.2, 0.25) is 5.88 Å². The summed E-state index contributed by atoms with van der Waals surface area (Å²) in [6.07, 6.45) is 3.49. The number of Topliss-reactive ketones (excluding diaryl/α,β-unsaturated/α-hetero) is 1. The van der Waals surface area contributed by atoms with Crippen molar-refractivity contribution in [1.29, 1.82) is 0 Å². The molecule has 1 heterocycles. The largest absolute Gasteiger partial charge is 0.465 e. The molecule has 1 aliphatic rings. The van der Waals surface area contributed by atoms with Gasteiger partial charge in [0.1, 0.15) is 5.82 Å². The number of carbonyl (C=O) groups is 1. The van der Waals surface area contributed by atoms with Crippen molar-refractivity contribution in [2.45, 2.75) is 36.7 Å². The number of halogens is 1. The molecule has 6 nitrogen and oxygen atoms in total. The minimum atomic E-state index is -3.32. The third-order valence-corrected chi connectivity index (χ3v) is 6.32. The van der Waals surface area contributed by atoms with Crippen LogP contribution in [-0.2, 0) is 14.6 Å². The molecule has 4 rings (SSSR count). The van der Waals surface area contributed by atoms with Crippen molar-refractivity contribution in [3.05, 3.63) is 54.3 Å². The van der Waals surface area contributed by atoms with Crippen LogP contribution in [-0.4, -0.2) is 36.8 Å². The van der Waals surface area contributed by atoms with Gasteiger partial charge in [0, 0.05) is 18.2 Å². The number of benzene rings is 2. The van der Waals surface area contributed by atoms with Crippen molar-refractivity contribution < 1.29 is 22.3 Å². The molecule has 8 heteroatoms.